The molecule has 1 aromatic carbocycles. The second-order valence-corrected chi connectivity index (χ2v) is 3.24. The Morgan fingerprint density at radius 3 is 3.07 bits per heavy atom. The third-order valence-electron chi connectivity index (χ3n) is 2.10. The van der Waals surface area contributed by atoms with Crippen molar-refractivity contribution in [2.24, 2.45) is 0 Å². The predicted octanol–water partition coefficient (Wildman–Crippen LogP) is 1.50. The molecule has 0 aromatic heterocycles. The van der Waals surface area contributed by atoms with Gasteiger partial charge in [-0.3, -0.25) is 0 Å². The van der Waals surface area contributed by atoms with Gasteiger partial charge in [0.1, 0.15) is 5.75 Å². The normalized spacial score (nSPS) is 12.1. The van der Waals surface area contributed by atoms with E-state index >= 15 is 0 Å². The molecule has 0 aliphatic rings. The lowest BCUT2D eigenvalue weighted by Crippen LogP contribution is -2.21. The molecule has 3 nitrogen and oxygen atoms in total. The van der Waals surface area contributed by atoms with Gasteiger partial charge in [0.05, 0.1) is 13.2 Å². The molecule has 0 unspecified atom stereocenters. The summed E-state index contributed by atoms with van der Waals surface area (Å²) >= 11 is 0. The Hall–Kier alpha value is -1.32. The van der Waals surface area contributed by atoms with E-state index in [0.29, 0.717) is 13.1 Å². The van der Waals surface area contributed by atoms with E-state index in [1.807, 2.05) is 24.3 Å². The van der Waals surface area contributed by atoms with Crippen LogP contribution in [0.25, 0.3) is 0 Å². The maximum Gasteiger partial charge on any atom is 0.119 e. The summed E-state index contributed by atoms with van der Waals surface area (Å²) < 4.78 is 5.08. The predicted molar refractivity (Wildman–Crippen MR) is 61.0 cm³/mol. The van der Waals surface area contributed by atoms with Crippen molar-refractivity contribution in [1.29, 1.82) is 0 Å². The van der Waals surface area contributed by atoms with Crippen molar-refractivity contribution in [3.8, 4) is 5.75 Å². The molecular formula is C12H17NO2. The maximum absolute atomic E-state index is 9.81. The smallest absolute Gasteiger partial charge is 0.119 e. The minimum absolute atomic E-state index is 0.513. The average molecular weight is 207 g/mol. The Morgan fingerprint density at radius 2 is 2.40 bits per heavy atom. The first-order valence-electron chi connectivity index (χ1n) is 4.91. The molecule has 0 aliphatic heterocycles. The van der Waals surface area contributed by atoms with E-state index in [4.69, 9.17) is 4.74 Å². The van der Waals surface area contributed by atoms with Crippen LogP contribution in [0.1, 0.15) is 11.7 Å². The van der Waals surface area contributed by atoms with Crippen LogP contribution in [0.5, 0.6) is 5.75 Å². The number of aliphatic hydroxyl groups is 1. The zero-order valence-electron chi connectivity index (χ0n) is 8.94. The number of rotatable bonds is 6. The van der Waals surface area contributed by atoms with E-state index in [0.717, 1.165) is 11.3 Å². The maximum atomic E-state index is 9.81. The second-order valence-electron chi connectivity index (χ2n) is 3.24. The summed E-state index contributed by atoms with van der Waals surface area (Å²) in [5.74, 6) is 0.760. The minimum Gasteiger partial charge on any atom is -0.497 e. The molecule has 0 saturated heterocycles. The molecule has 1 atom stereocenters. The van der Waals surface area contributed by atoms with Gasteiger partial charge in [0, 0.05) is 13.1 Å². The molecule has 0 radical (unpaired) electrons. The van der Waals surface area contributed by atoms with Gasteiger partial charge in [-0.2, -0.15) is 0 Å². The molecular weight excluding hydrogens is 190 g/mol. The van der Waals surface area contributed by atoms with Gasteiger partial charge in [-0.1, -0.05) is 18.2 Å². The van der Waals surface area contributed by atoms with Crippen molar-refractivity contribution in [1.82, 2.24) is 5.32 Å². The Labute approximate surface area is 90.4 Å². The van der Waals surface area contributed by atoms with Crippen LogP contribution in [0.4, 0.5) is 0 Å². The van der Waals surface area contributed by atoms with Crippen LogP contribution in [-0.2, 0) is 0 Å². The topological polar surface area (TPSA) is 41.5 Å². The highest BCUT2D eigenvalue weighted by molar-refractivity contribution is 5.29. The zero-order chi connectivity index (χ0) is 11.1. The van der Waals surface area contributed by atoms with Crippen molar-refractivity contribution < 1.29 is 9.84 Å². The molecule has 2 N–H and O–H groups in total. The van der Waals surface area contributed by atoms with Crippen molar-refractivity contribution in [3.63, 3.8) is 0 Å². The van der Waals surface area contributed by atoms with E-state index in [1.165, 1.54) is 0 Å². The number of hydrogen-bond donors (Lipinski definition) is 2. The van der Waals surface area contributed by atoms with Crippen LogP contribution in [0.3, 0.4) is 0 Å². The fraction of sp³-hybridized carbons (Fsp3) is 0.333. The molecule has 0 spiro atoms. The number of hydrogen-bond acceptors (Lipinski definition) is 3. The number of benzene rings is 1. The van der Waals surface area contributed by atoms with Gasteiger partial charge in [0.15, 0.2) is 0 Å². The summed E-state index contributed by atoms with van der Waals surface area (Å²) in [4.78, 5) is 0. The molecule has 1 aromatic rings. The molecule has 0 amide bonds. The van der Waals surface area contributed by atoms with Gasteiger partial charge in [-0.05, 0) is 17.7 Å². The Kier molecular flexibility index (Phi) is 4.87. The zero-order valence-corrected chi connectivity index (χ0v) is 8.94. The first kappa shape index (κ1) is 11.8. The van der Waals surface area contributed by atoms with Crippen LogP contribution in [0.2, 0.25) is 0 Å². The Bertz CT molecular complexity index is 312. The van der Waals surface area contributed by atoms with Gasteiger partial charge in [-0.15, -0.1) is 6.58 Å². The van der Waals surface area contributed by atoms with Crippen molar-refractivity contribution in [2.45, 2.75) is 6.10 Å². The third kappa shape index (κ3) is 3.73. The van der Waals surface area contributed by atoms with Crippen LogP contribution in [0, 0.1) is 0 Å². The van der Waals surface area contributed by atoms with E-state index in [2.05, 4.69) is 11.9 Å². The summed E-state index contributed by atoms with van der Waals surface area (Å²) in [6, 6.07) is 7.43. The molecule has 0 heterocycles. The largest absolute Gasteiger partial charge is 0.497 e. The average Bonchev–Trinajstić information content (AvgIpc) is 2.29. The number of nitrogens with one attached hydrogen (secondary N) is 1. The number of ether oxygens (including phenoxy) is 1. The lowest BCUT2D eigenvalue weighted by molar-refractivity contribution is 0.176. The SMILES string of the molecule is C=CCNC[C@@H](O)c1cccc(OC)c1. The lowest BCUT2D eigenvalue weighted by Gasteiger charge is -2.12. The summed E-state index contributed by atoms with van der Waals surface area (Å²) in [6.07, 6.45) is 1.25. The van der Waals surface area contributed by atoms with Gasteiger partial charge < -0.3 is 15.2 Å². The summed E-state index contributed by atoms with van der Waals surface area (Å²) in [5, 5.41) is 12.9. The van der Waals surface area contributed by atoms with E-state index in [9.17, 15) is 5.11 Å². The van der Waals surface area contributed by atoms with Crippen molar-refractivity contribution in [3.05, 3.63) is 42.5 Å². The van der Waals surface area contributed by atoms with E-state index < -0.39 is 6.10 Å². The van der Waals surface area contributed by atoms with Crippen LogP contribution < -0.4 is 10.1 Å². The standard InChI is InChI=1S/C12H17NO2/c1-3-7-13-9-12(14)10-5-4-6-11(8-10)15-2/h3-6,8,12-14H,1,7,9H2,2H3/t12-/m1/s1. The summed E-state index contributed by atoms with van der Waals surface area (Å²) in [6.45, 7) is 4.80. The monoisotopic (exact) mass is 207 g/mol. The van der Waals surface area contributed by atoms with Crippen LogP contribution in [-0.4, -0.2) is 25.3 Å². The Morgan fingerprint density at radius 1 is 1.60 bits per heavy atom. The van der Waals surface area contributed by atoms with Crippen LogP contribution in [0.15, 0.2) is 36.9 Å². The molecule has 0 aliphatic carbocycles. The fourth-order valence-electron chi connectivity index (χ4n) is 1.29. The molecule has 3 heteroatoms. The Balaban J connectivity index is 2.56. The van der Waals surface area contributed by atoms with Crippen molar-refractivity contribution in [2.75, 3.05) is 20.2 Å². The number of aliphatic hydroxyl groups excluding tert-OH is 1. The molecule has 1 rings (SSSR count). The summed E-state index contributed by atoms with van der Waals surface area (Å²) in [5.41, 5.74) is 0.853. The van der Waals surface area contributed by atoms with Gasteiger partial charge in [0.25, 0.3) is 0 Å². The highest BCUT2D eigenvalue weighted by Gasteiger charge is 2.06. The van der Waals surface area contributed by atoms with Crippen molar-refractivity contribution >= 4 is 0 Å². The third-order valence-corrected chi connectivity index (χ3v) is 2.10. The molecule has 0 fully saturated rings. The quantitative estimate of drug-likeness (QED) is 0.548. The van der Waals surface area contributed by atoms with E-state index in [1.54, 1.807) is 13.2 Å². The molecule has 0 saturated carbocycles. The first-order chi connectivity index (χ1) is 7.27. The highest BCUT2D eigenvalue weighted by Crippen LogP contribution is 2.18. The van der Waals surface area contributed by atoms with Crippen LogP contribution >= 0.6 is 0 Å². The fourth-order valence-corrected chi connectivity index (χ4v) is 1.29. The van der Waals surface area contributed by atoms with Gasteiger partial charge >= 0.3 is 0 Å². The van der Waals surface area contributed by atoms with Gasteiger partial charge in [-0.25, -0.2) is 0 Å². The molecule has 15 heavy (non-hydrogen) atoms. The first-order valence-corrected chi connectivity index (χ1v) is 4.91. The molecule has 0 bridgehead atoms. The minimum atomic E-state index is -0.514. The summed E-state index contributed by atoms with van der Waals surface area (Å²) in [7, 11) is 1.61. The van der Waals surface area contributed by atoms with Gasteiger partial charge in [0.2, 0.25) is 0 Å². The molecule has 82 valence electrons. The lowest BCUT2D eigenvalue weighted by atomic mass is 10.1. The highest BCUT2D eigenvalue weighted by atomic mass is 16.5. The second kappa shape index (κ2) is 6.22. The number of methoxy groups -OCH3 is 1. The van der Waals surface area contributed by atoms with E-state index in [-0.39, 0.29) is 0 Å².